The number of nitrogens with one attached hydrogen (secondary N) is 1. The van der Waals surface area contributed by atoms with Crippen molar-refractivity contribution in [2.75, 3.05) is 32.0 Å². The van der Waals surface area contributed by atoms with E-state index in [0.29, 0.717) is 0 Å². The molecule has 0 unspecified atom stereocenters. The average Bonchev–Trinajstić information content (AvgIpc) is 2.42. The second kappa shape index (κ2) is 6.76. The van der Waals surface area contributed by atoms with Gasteiger partial charge in [0.1, 0.15) is 0 Å². The van der Waals surface area contributed by atoms with Gasteiger partial charge in [0.15, 0.2) is 0 Å². The van der Waals surface area contributed by atoms with Gasteiger partial charge in [0.25, 0.3) is 0 Å². The van der Waals surface area contributed by atoms with Crippen LogP contribution in [0.5, 0.6) is 0 Å². The molecule has 0 amide bonds. The van der Waals surface area contributed by atoms with Crippen LogP contribution in [0.25, 0.3) is 0 Å². The lowest BCUT2D eigenvalue weighted by molar-refractivity contribution is 0.173. The Labute approximate surface area is 110 Å². The lowest BCUT2D eigenvalue weighted by Crippen LogP contribution is -2.33. The third-order valence-electron chi connectivity index (χ3n) is 3.90. The summed E-state index contributed by atoms with van der Waals surface area (Å²) in [6.45, 7) is 4.35. The monoisotopic (exact) mass is 247 g/mol. The Morgan fingerprint density at radius 2 is 2.11 bits per heavy atom. The van der Waals surface area contributed by atoms with E-state index in [0.717, 1.165) is 19.0 Å². The molecular weight excluding hydrogens is 222 g/mol. The first kappa shape index (κ1) is 13.4. The summed E-state index contributed by atoms with van der Waals surface area (Å²) in [6.07, 6.45) is 3.81. The van der Waals surface area contributed by atoms with Crippen molar-refractivity contribution in [3.8, 4) is 0 Å². The van der Waals surface area contributed by atoms with Gasteiger partial charge in [-0.3, -0.25) is 4.90 Å². The van der Waals surface area contributed by atoms with Crippen LogP contribution in [0.3, 0.4) is 0 Å². The molecule has 0 aromatic heterocycles. The van der Waals surface area contributed by atoms with Gasteiger partial charge in [-0.25, -0.2) is 0 Å². The molecule has 0 bridgehead atoms. The molecule has 1 aromatic rings. The van der Waals surface area contributed by atoms with Gasteiger partial charge in [-0.1, -0.05) is 12.1 Å². The first-order valence-electron chi connectivity index (χ1n) is 7.01. The second-order valence-corrected chi connectivity index (χ2v) is 5.25. The number of likely N-dealkylation sites (tertiary alicyclic amines) is 1. The minimum absolute atomic E-state index is 0.842. The van der Waals surface area contributed by atoms with Crippen LogP contribution in [0.4, 0.5) is 5.69 Å². The smallest absolute Gasteiger partial charge is 0.0340 e. The molecule has 0 atom stereocenters. The van der Waals surface area contributed by atoms with E-state index in [2.05, 4.69) is 34.5 Å². The Kier molecular flexibility index (Phi) is 5.02. The van der Waals surface area contributed by atoms with E-state index in [1.165, 1.54) is 43.6 Å². The van der Waals surface area contributed by atoms with Gasteiger partial charge in [0.2, 0.25) is 0 Å². The van der Waals surface area contributed by atoms with Gasteiger partial charge in [-0.15, -0.1) is 0 Å². The summed E-state index contributed by atoms with van der Waals surface area (Å²) in [7, 11) is 1.97. The Bertz CT molecular complexity index is 357. The Balaban J connectivity index is 1.83. The SMILES string of the molecule is CNc1cccc(CN2CCC(CCN)CC2)c1. The van der Waals surface area contributed by atoms with E-state index in [4.69, 9.17) is 5.73 Å². The Hall–Kier alpha value is -1.06. The third-order valence-corrected chi connectivity index (χ3v) is 3.90. The fraction of sp³-hybridized carbons (Fsp3) is 0.600. The Morgan fingerprint density at radius 1 is 1.33 bits per heavy atom. The quantitative estimate of drug-likeness (QED) is 0.839. The normalized spacial score (nSPS) is 17.9. The van der Waals surface area contributed by atoms with Gasteiger partial charge in [0, 0.05) is 19.3 Å². The fourth-order valence-electron chi connectivity index (χ4n) is 2.75. The molecule has 18 heavy (non-hydrogen) atoms. The zero-order valence-corrected chi connectivity index (χ0v) is 11.4. The van der Waals surface area contributed by atoms with Gasteiger partial charge >= 0.3 is 0 Å². The highest BCUT2D eigenvalue weighted by Crippen LogP contribution is 2.21. The predicted octanol–water partition coefficient (Wildman–Crippen LogP) is 2.29. The molecule has 1 fully saturated rings. The van der Waals surface area contributed by atoms with E-state index in [9.17, 15) is 0 Å². The van der Waals surface area contributed by atoms with Crippen molar-refractivity contribution in [3.63, 3.8) is 0 Å². The van der Waals surface area contributed by atoms with Crippen molar-refractivity contribution in [3.05, 3.63) is 29.8 Å². The molecule has 1 heterocycles. The summed E-state index contributed by atoms with van der Waals surface area (Å²) in [5, 5.41) is 3.20. The number of piperidine rings is 1. The van der Waals surface area contributed by atoms with Crippen LogP contribution in [-0.4, -0.2) is 31.6 Å². The molecule has 3 nitrogen and oxygen atoms in total. The van der Waals surface area contributed by atoms with Crippen LogP contribution in [0.2, 0.25) is 0 Å². The number of rotatable bonds is 5. The molecule has 3 N–H and O–H groups in total. The maximum absolute atomic E-state index is 5.63. The number of benzene rings is 1. The van der Waals surface area contributed by atoms with Gasteiger partial charge in [-0.05, 0) is 62.5 Å². The molecule has 0 spiro atoms. The Morgan fingerprint density at radius 3 is 2.78 bits per heavy atom. The lowest BCUT2D eigenvalue weighted by atomic mass is 9.93. The molecule has 0 radical (unpaired) electrons. The molecule has 1 aliphatic rings. The standard InChI is InChI=1S/C15H25N3/c1-17-15-4-2-3-14(11-15)12-18-9-6-13(5-8-16)7-10-18/h2-4,11,13,17H,5-10,12,16H2,1H3. The van der Waals surface area contributed by atoms with Gasteiger partial charge < -0.3 is 11.1 Å². The molecule has 3 heteroatoms. The first-order valence-corrected chi connectivity index (χ1v) is 7.01. The molecule has 2 rings (SSSR count). The minimum Gasteiger partial charge on any atom is -0.388 e. The van der Waals surface area contributed by atoms with E-state index >= 15 is 0 Å². The summed E-state index contributed by atoms with van der Waals surface area (Å²) in [5.41, 5.74) is 8.23. The first-order chi connectivity index (χ1) is 8.81. The number of hydrogen-bond donors (Lipinski definition) is 2. The fourth-order valence-corrected chi connectivity index (χ4v) is 2.75. The maximum atomic E-state index is 5.63. The highest BCUT2D eigenvalue weighted by atomic mass is 15.1. The largest absolute Gasteiger partial charge is 0.388 e. The number of nitrogens with two attached hydrogens (primary N) is 1. The van der Waals surface area contributed by atoms with Crippen LogP contribution >= 0.6 is 0 Å². The summed E-state index contributed by atoms with van der Waals surface area (Å²) in [4.78, 5) is 2.56. The lowest BCUT2D eigenvalue weighted by Gasteiger charge is -2.31. The maximum Gasteiger partial charge on any atom is 0.0340 e. The van der Waals surface area contributed by atoms with E-state index < -0.39 is 0 Å². The van der Waals surface area contributed by atoms with Gasteiger partial charge in [0.05, 0.1) is 0 Å². The molecule has 1 aliphatic heterocycles. The molecule has 0 aliphatic carbocycles. The molecule has 0 saturated carbocycles. The van der Waals surface area contributed by atoms with Crippen molar-refractivity contribution in [1.82, 2.24) is 4.90 Å². The molecule has 1 aromatic carbocycles. The average molecular weight is 247 g/mol. The van der Waals surface area contributed by atoms with Crippen molar-refractivity contribution in [1.29, 1.82) is 0 Å². The van der Waals surface area contributed by atoms with E-state index in [1.54, 1.807) is 0 Å². The highest BCUT2D eigenvalue weighted by molar-refractivity contribution is 5.44. The summed E-state index contributed by atoms with van der Waals surface area (Å²) < 4.78 is 0. The van der Waals surface area contributed by atoms with Crippen molar-refractivity contribution < 1.29 is 0 Å². The van der Waals surface area contributed by atoms with Crippen LogP contribution in [0.1, 0.15) is 24.8 Å². The highest BCUT2D eigenvalue weighted by Gasteiger charge is 2.18. The second-order valence-electron chi connectivity index (χ2n) is 5.25. The number of nitrogens with zero attached hydrogens (tertiary/aromatic N) is 1. The van der Waals surface area contributed by atoms with Crippen LogP contribution in [0, 0.1) is 5.92 Å². The predicted molar refractivity (Wildman–Crippen MR) is 77.7 cm³/mol. The zero-order valence-electron chi connectivity index (χ0n) is 11.4. The van der Waals surface area contributed by atoms with Crippen molar-refractivity contribution in [2.45, 2.75) is 25.8 Å². The number of anilines is 1. The third kappa shape index (κ3) is 3.72. The van der Waals surface area contributed by atoms with E-state index in [1.807, 2.05) is 7.05 Å². The van der Waals surface area contributed by atoms with Crippen LogP contribution in [0.15, 0.2) is 24.3 Å². The molecule has 100 valence electrons. The molecular formula is C15H25N3. The summed E-state index contributed by atoms with van der Waals surface area (Å²) in [5.74, 6) is 0.856. The zero-order chi connectivity index (χ0) is 12.8. The van der Waals surface area contributed by atoms with Crippen molar-refractivity contribution in [2.24, 2.45) is 11.7 Å². The van der Waals surface area contributed by atoms with Gasteiger partial charge in [-0.2, -0.15) is 0 Å². The topological polar surface area (TPSA) is 41.3 Å². The minimum atomic E-state index is 0.842. The van der Waals surface area contributed by atoms with Crippen LogP contribution < -0.4 is 11.1 Å². The number of hydrogen-bond acceptors (Lipinski definition) is 3. The summed E-state index contributed by atoms with van der Waals surface area (Å²) >= 11 is 0. The summed E-state index contributed by atoms with van der Waals surface area (Å²) in [6, 6.07) is 8.69. The van der Waals surface area contributed by atoms with Crippen LogP contribution in [-0.2, 0) is 6.54 Å². The molecule has 1 saturated heterocycles. The van der Waals surface area contributed by atoms with Crippen molar-refractivity contribution >= 4 is 5.69 Å². The van der Waals surface area contributed by atoms with E-state index in [-0.39, 0.29) is 0 Å².